The molecule has 0 unspecified atom stereocenters. The Morgan fingerprint density at radius 3 is 2.27 bits per heavy atom. The number of hydrogen-bond acceptors (Lipinski definition) is 1. The summed E-state index contributed by atoms with van der Waals surface area (Å²) >= 11 is 3.38. The van der Waals surface area contributed by atoms with Crippen LogP contribution in [0.3, 0.4) is 0 Å². The van der Waals surface area contributed by atoms with E-state index in [4.69, 9.17) is 4.74 Å². The molecule has 1 nitrogen and oxygen atoms in total. The van der Waals surface area contributed by atoms with E-state index in [1.807, 2.05) is 48.5 Å². The van der Waals surface area contributed by atoms with Crippen LogP contribution in [0.1, 0.15) is 5.56 Å². The van der Waals surface area contributed by atoms with Crippen LogP contribution in [0.25, 0.3) is 0 Å². The molecule has 15 heavy (non-hydrogen) atoms. The van der Waals surface area contributed by atoms with E-state index in [-0.39, 0.29) is 0 Å². The monoisotopic (exact) mass is 261 g/mol. The fraction of sp³-hybridized carbons (Fsp3) is 0. The van der Waals surface area contributed by atoms with Gasteiger partial charge in [-0.15, -0.1) is 0 Å². The standard InChI is InChI=1S/C13H10BrO/c1-10-4-2-3-5-13(10)15-12-8-6-11(14)7-9-12/h2-9H,1H2. The highest BCUT2D eigenvalue weighted by Crippen LogP contribution is 2.25. The molecule has 2 heteroatoms. The van der Waals surface area contributed by atoms with Crippen LogP contribution in [0.4, 0.5) is 0 Å². The van der Waals surface area contributed by atoms with Crippen molar-refractivity contribution in [3.8, 4) is 11.5 Å². The molecule has 0 atom stereocenters. The van der Waals surface area contributed by atoms with Crippen molar-refractivity contribution in [2.75, 3.05) is 0 Å². The third-order valence-corrected chi connectivity index (χ3v) is 2.54. The van der Waals surface area contributed by atoms with E-state index < -0.39 is 0 Å². The van der Waals surface area contributed by atoms with E-state index in [1.165, 1.54) is 0 Å². The quantitative estimate of drug-likeness (QED) is 0.778. The van der Waals surface area contributed by atoms with E-state index in [0.717, 1.165) is 21.5 Å². The first kappa shape index (κ1) is 10.2. The van der Waals surface area contributed by atoms with Crippen LogP contribution in [0.5, 0.6) is 11.5 Å². The van der Waals surface area contributed by atoms with E-state index in [2.05, 4.69) is 22.9 Å². The van der Waals surface area contributed by atoms with Gasteiger partial charge in [0.05, 0.1) is 0 Å². The molecule has 0 bridgehead atoms. The lowest BCUT2D eigenvalue weighted by Crippen LogP contribution is -1.86. The van der Waals surface area contributed by atoms with Gasteiger partial charge in [0.25, 0.3) is 0 Å². The van der Waals surface area contributed by atoms with Crippen molar-refractivity contribution in [3.63, 3.8) is 0 Å². The summed E-state index contributed by atoms with van der Waals surface area (Å²) in [5.74, 6) is 1.61. The third kappa shape index (κ3) is 2.60. The SMILES string of the molecule is [CH2]c1ccccc1Oc1ccc(Br)cc1. The van der Waals surface area contributed by atoms with Crippen molar-refractivity contribution in [2.45, 2.75) is 0 Å². The zero-order valence-corrected chi connectivity index (χ0v) is 9.70. The Morgan fingerprint density at radius 2 is 1.60 bits per heavy atom. The van der Waals surface area contributed by atoms with Gasteiger partial charge in [-0.1, -0.05) is 34.1 Å². The lowest BCUT2D eigenvalue weighted by Gasteiger charge is -2.07. The van der Waals surface area contributed by atoms with E-state index in [1.54, 1.807) is 0 Å². The molecule has 2 rings (SSSR count). The van der Waals surface area contributed by atoms with Crippen LogP contribution < -0.4 is 4.74 Å². The Morgan fingerprint density at radius 1 is 0.933 bits per heavy atom. The maximum Gasteiger partial charge on any atom is 0.130 e. The molecule has 2 aromatic carbocycles. The van der Waals surface area contributed by atoms with E-state index >= 15 is 0 Å². The molecular formula is C13H10BrO. The molecule has 0 saturated carbocycles. The summed E-state index contributed by atoms with van der Waals surface area (Å²) in [5, 5.41) is 0. The second-order valence-electron chi connectivity index (χ2n) is 3.16. The highest BCUT2D eigenvalue weighted by Gasteiger charge is 1.99. The second-order valence-corrected chi connectivity index (χ2v) is 4.08. The fourth-order valence-corrected chi connectivity index (χ4v) is 1.50. The van der Waals surface area contributed by atoms with Gasteiger partial charge in [0.15, 0.2) is 0 Å². The van der Waals surface area contributed by atoms with Gasteiger partial charge in [-0.3, -0.25) is 0 Å². The lowest BCUT2D eigenvalue weighted by atomic mass is 10.2. The molecule has 0 aliphatic heterocycles. The van der Waals surface area contributed by atoms with E-state index in [0.29, 0.717) is 0 Å². The van der Waals surface area contributed by atoms with Crippen molar-refractivity contribution < 1.29 is 4.74 Å². The normalized spacial score (nSPS) is 10.0. The summed E-state index contributed by atoms with van der Waals surface area (Å²) in [7, 11) is 0. The highest BCUT2D eigenvalue weighted by molar-refractivity contribution is 9.10. The Labute approximate surface area is 97.8 Å². The number of benzene rings is 2. The van der Waals surface area contributed by atoms with Crippen molar-refractivity contribution in [1.29, 1.82) is 0 Å². The maximum atomic E-state index is 5.68. The van der Waals surface area contributed by atoms with E-state index in [9.17, 15) is 0 Å². The first-order chi connectivity index (χ1) is 7.25. The van der Waals surface area contributed by atoms with Gasteiger partial charge in [-0.25, -0.2) is 0 Å². The Bertz CT molecular complexity index is 448. The Kier molecular flexibility index (Phi) is 3.07. The van der Waals surface area contributed by atoms with Gasteiger partial charge in [0.1, 0.15) is 11.5 Å². The molecule has 0 aliphatic rings. The first-order valence-corrected chi connectivity index (χ1v) is 5.39. The summed E-state index contributed by atoms with van der Waals surface area (Å²) < 4.78 is 6.72. The first-order valence-electron chi connectivity index (χ1n) is 4.60. The average Bonchev–Trinajstić information content (AvgIpc) is 2.25. The van der Waals surface area contributed by atoms with Crippen molar-refractivity contribution in [3.05, 3.63) is 65.5 Å². The van der Waals surface area contributed by atoms with Crippen molar-refractivity contribution in [2.24, 2.45) is 0 Å². The molecule has 1 radical (unpaired) electrons. The number of hydrogen-bond donors (Lipinski definition) is 0. The number of rotatable bonds is 2. The minimum absolute atomic E-state index is 0.792. The molecule has 0 aromatic heterocycles. The van der Waals surface area contributed by atoms with Crippen LogP contribution in [-0.4, -0.2) is 0 Å². The fourth-order valence-electron chi connectivity index (χ4n) is 1.23. The summed E-state index contributed by atoms with van der Waals surface area (Å²) in [6.07, 6.45) is 0. The molecule has 0 spiro atoms. The number of ether oxygens (including phenoxy) is 1. The number of para-hydroxylation sites is 1. The van der Waals surface area contributed by atoms with Gasteiger partial charge < -0.3 is 4.74 Å². The summed E-state index contributed by atoms with van der Waals surface area (Å²) in [6.45, 7) is 3.90. The molecule has 0 saturated heterocycles. The summed E-state index contributed by atoms with van der Waals surface area (Å²) in [5.41, 5.74) is 0.889. The zero-order valence-electron chi connectivity index (χ0n) is 8.11. The largest absolute Gasteiger partial charge is 0.457 e. The molecule has 0 fully saturated rings. The van der Waals surface area contributed by atoms with Gasteiger partial charge in [0, 0.05) is 4.47 Å². The molecule has 2 aromatic rings. The van der Waals surface area contributed by atoms with Crippen molar-refractivity contribution in [1.82, 2.24) is 0 Å². The predicted octanol–water partition coefficient (Wildman–Crippen LogP) is 4.42. The van der Waals surface area contributed by atoms with Gasteiger partial charge in [-0.2, -0.15) is 0 Å². The topological polar surface area (TPSA) is 9.23 Å². The van der Waals surface area contributed by atoms with Gasteiger partial charge >= 0.3 is 0 Å². The van der Waals surface area contributed by atoms with Gasteiger partial charge in [-0.05, 0) is 42.8 Å². The van der Waals surface area contributed by atoms with Crippen LogP contribution in [0, 0.1) is 6.92 Å². The summed E-state index contributed by atoms with van der Waals surface area (Å²) in [6, 6.07) is 15.4. The van der Waals surface area contributed by atoms with Gasteiger partial charge in [0.2, 0.25) is 0 Å². The molecule has 0 aliphatic carbocycles. The summed E-state index contributed by atoms with van der Waals surface area (Å²) in [4.78, 5) is 0. The van der Waals surface area contributed by atoms with Crippen LogP contribution in [0.15, 0.2) is 53.0 Å². The smallest absolute Gasteiger partial charge is 0.130 e. The second kappa shape index (κ2) is 4.49. The number of halogens is 1. The van der Waals surface area contributed by atoms with Crippen LogP contribution >= 0.6 is 15.9 Å². The highest BCUT2D eigenvalue weighted by atomic mass is 79.9. The third-order valence-electron chi connectivity index (χ3n) is 2.01. The Hall–Kier alpha value is -1.28. The molecule has 0 amide bonds. The Balaban J connectivity index is 2.22. The maximum absolute atomic E-state index is 5.68. The average molecular weight is 262 g/mol. The minimum Gasteiger partial charge on any atom is -0.457 e. The van der Waals surface area contributed by atoms with Crippen LogP contribution in [-0.2, 0) is 0 Å². The zero-order chi connectivity index (χ0) is 10.7. The molecular weight excluding hydrogens is 252 g/mol. The molecule has 0 heterocycles. The molecule has 75 valence electrons. The minimum atomic E-state index is 0.792. The lowest BCUT2D eigenvalue weighted by molar-refractivity contribution is 0.480. The van der Waals surface area contributed by atoms with Crippen LogP contribution in [0.2, 0.25) is 0 Å². The molecule has 0 N–H and O–H groups in total. The van der Waals surface area contributed by atoms with Crippen molar-refractivity contribution >= 4 is 15.9 Å². The predicted molar refractivity (Wildman–Crippen MR) is 65.1 cm³/mol.